The third kappa shape index (κ3) is 4.73. The maximum absolute atomic E-state index is 11.4. The van der Waals surface area contributed by atoms with Gasteiger partial charge in [-0.15, -0.1) is 0 Å². The van der Waals surface area contributed by atoms with E-state index in [1.807, 2.05) is 0 Å². The zero-order chi connectivity index (χ0) is 12.7. The molecule has 1 aliphatic rings. The Bertz CT molecular complexity index is 238. The fourth-order valence-corrected chi connectivity index (χ4v) is 1.97. The molecular weight excluding hydrogens is 224 g/mol. The topological polar surface area (TPSA) is 61.8 Å². The van der Waals surface area contributed by atoms with Gasteiger partial charge >= 0.3 is 11.9 Å². The van der Waals surface area contributed by atoms with Gasteiger partial charge in [0, 0.05) is 6.61 Å². The van der Waals surface area contributed by atoms with E-state index in [0.717, 1.165) is 6.42 Å². The molecule has 0 unspecified atom stereocenters. The highest BCUT2D eigenvalue weighted by molar-refractivity contribution is 5.71. The van der Waals surface area contributed by atoms with Gasteiger partial charge in [0.25, 0.3) is 0 Å². The number of carbonyl (C=O) groups excluding carboxylic acids is 2. The van der Waals surface area contributed by atoms with E-state index < -0.39 is 0 Å². The first-order valence-electron chi connectivity index (χ1n) is 6.10. The van der Waals surface area contributed by atoms with Crippen LogP contribution in [0.15, 0.2) is 0 Å². The molecule has 0 bridgehead atoms. The summed E-state index contributed by atoms with van der Waals surface area (Å²) in [5.74, 6) is -0.427. The molecule has 17 heavy (non-hydrogen) atoms. The molecule has 5 nitrogen and oxygen atoms in total. The first kappa shape index (κ1) is 14.0. The van der Waals surface area contributed by atoms with Gasteiger partial charge in [-0.2, -0.15) is 0 Å². The molecule has 0 aromatic carbocycles. The van der Waals surface area contributed by atoms with Crippen molar-refractivity contribution in [1.29, 1.82) is 0 Å². The molecule has 0 amide bonds. The Morgan fingerprint density at radius 1 is 1.12 bits per heavy atom. The van der Waals surface area contributed by atoms with Crippen LogP contribution in [-0.4, -0.2) is 37.9 Å². The van der Waals surface area contributed by atoms with Gasteiger partial charge in [-0.3, -0.25) is 9.59 Å². The normalized spacial score (nSPS) is 23.4. The van der Waals surface area contributed by atoms with E-state index in [1.165, 1.54) is 0 Å². The van der Waals surface area contributed by atoms with Crippen molar-refractivity contribution in [3.05, 3.63) is 0 Å². The molecule has 98 valence electrons. The van der Waals surface area contributed by atoms with Crippen molar-refractivity contribution in [2.75, 3.05) is 19.8 Å². The van der Waals surface area contributed by atoms with E-state index in [-0.39, 0.29) is 30.4 Å². The standard InChI is InChI=1S/C12H20O5/c1-3-15-11(13)7-9-5-6-17-10(9)8-12(14)16-4-2/h9-10H,3-8H2,1-2H3/t9-,10-/m0/s1. The second-order valence-electron chi connectivity index (χ2n) is 3.98. The molecule has 1 fully saturated rings. The highest BCUT2D eigenvalue weighted by Crippen LogP contribution is 2.27. The average Bonchev–Trinajstić information content (AvgIpc) is 2.66. The van der Waals surface area contributed by atoms with Gasteiger partial charge in [0.2, 0.25) is 0 Å². The van der Waals surface area contributed by atoms with Crippen LogP contribution < -0.4 is 0 Å². The number of carbonyl (C=O) groups is 2. The van der Waals surface area contributed by atoms with Crippen LogP contribution in [0.4, 0.5) is 0 Å². The van der Waals surface area contributed by atoms with Crippen molar-refractivity contribution < 1.29 is 23.8 Å². The number of esters is 2. The van der Waals surface area contributed by atoms with Gasteiger partial charge in [0.05, 0.1) is 32.2 Å². The van der Waals surface area contributed by atoms with Gasteiger partial charge < -0.3 is 14.2 Å². The Labute approximate surface area is 101 Å². The smallest absolute Gasteiger partial charge is 0.308 e. The molecule has 0 radical (unpaired) electrons. The molecule has 1 rings (SSSR count). The highest BCUT2D eigenvalue weighted by Gasteiger charge is 2.32. The first-order valence-corrected chi connectivity index (χ1v) is 6.10. The van der Waals surface area contributed by atoms with E-state index in [4.69, 9.17) is 14.2 Å². The molecule has 0 spiro atoms. The van der Waals surface area contributed by atoms with Crippen molar-refractivity contribution in [2.24, 2.45) is 5.92 Å². The molecule has 1 saturated heterocycles. The van der Waals surface area contributed by atoms with Crippen molar-refractivity contribution in [3.8, 4) is 0 Å². The summed E-state index contributed by atoms with van der Waals surface area (Å²) in [4.78, 5) is 22.7. The van der Waals surface area contributed by atoms with Crippen molar-refractivity contribution in [3.63, 3.8) is 0 Å². The molecule has 0 aromatic rings. The summed E-state index contributed by atoms with van der Waals surface area (Å²) in [5, 5.41) is 0. The minimum Gasteiger partial charge on any atom is -0.466 e. The zero-order valence-electron chi connectivity index (χ0n) is 10.4. The molecule has 1 heterocycles. The van der Waals surface area contributed by atoms with Gasteiger partial charge in [-0.1, -0.05) is 0 Å². The SMILES string of the molecule is CCOC(=O)C[C@@H]1CCO[C@H]1CC(=O)OCC. The van der Waals surface area contributed by atoms with Gasteiger partial charge in [0.15, 0.2) is 0 Å². The zero-order valence-corrected chi connectivity index (χ0v) is 10.4. The monoisotopic (exact) mass is 244 g/mol. The predicted octanol–water partition coefficient (Wildman–Crippen LogP) is 1.30. The Kier molecular flexibility index (Phi) is 5.97. The summed E-state index contributed by atoms with van der Waals surface area (Å²) >= 11 is 0. The van der Waals surface area contributed by atoms with E-state index in [0.29, 0.717) is 26.2 Å². The minimum absolute atomic E-state index is 0.0680. The number of hydrogen-bond acceptors (Lipinski definition) is 5. The molecule has 5 heteroatoms. The van der Waals surface area contributed by atoms with Crippen LogP contribution >= 0.6 is 0 Å². The van der Waals surface area contributed by atoms with Gasteiger partial charge in [-0.05, 0) is 26.2 Å². The third-order valence-corrected chi connectivity index (χ3v) is 2.75. The second-order valence-corrected chi connectivity index (χ2v) is 3.98. The average molecular weight is 244 g/mol. The molecule has 0 saturated carbocycles. The Hall–Kier alpha value is -1.10. The maximum atomic E-state index is 11.4. The molecule has 1 aliphatic heterocycles. The maximum Gasteiger partial charge on any atom is 0.308 e. The van der Waals surface area contributed by atoms with E-state index in [9.17, 15) is 9.59 Å². The van der Waals surface area contributed by atoms with Crippen LogP contribution in [0.25, 0.3) is 0 Å². The molecule has 0 aromatic heterocycles. The van der Waals surface area contributed by atoms with Gasteiger partial charge in [-0.25, -0.2) is 0 Å². The van der Waals surface area contributed by atoms with Crippen LogP contribution in [0.1, 0.15) is 33.1 Å². The predicted molar refractivity (Wildman–Crippen MR) is 60.3 cm³/mol. The summed E-state index contributed by atoms with van der Waals surface area (Å²) in [6, 6.07) is 0. The first-order chi connectivity index (χ1) is 8.17. The van der Waals surface area contributed by atoms with E-state index >= 15 is 0 Å². The quantitative estimate of drug-likeness (QED) is 0.659. The number of ether oxygens (including phenoxy) is 3. The van der Waals surface area contributed by atoms with Gasteiger partial charge in [0.1, 0.15) is 0 Å². The minimum atomic E-state index is -0.270. The van der Waals surface area contributed by atoms with E-state index in [2.05, 4.69) is 0 Å². The van der Waals surface area contributed by atoms with E-state index in [1.54, 1.807) is 13.8 Å². The summed E-state index contributed by atoms with van der Waals surface area (Å²) in [7, 11) is 0. The van der Waals surface area contributed by atoms with Crippen LogP contribution in [0.5, 0.6) is 0 Å². The van der Waals surface area contributed by atoms with Crippen LogP contribution in [0.2, 0.25) is 0 Å². The molecule has 2 atom stereocenters. The lowest BCUT2D eigenvalue weighted by Crippen LogP contribution is -2.24. The lowest BCUT2D eigenvalue weighted by molar-refractivity contribution is -0.149. The Morgan fingerprint density at radius 2 is 1.71 bits per heavy atom. The summed E-state index contributed by atoms with van der Waals surface area (Å²) in [6.45, 7) is 4.89. The Balaban J connectivity index is 2.38. The fourth-order valence-electron chi connectivity index (χ4n) is 1.97. The van der Waals surface area contributed by atoms with Crippen LogP contribution in [-0.2, 0) is 23.8 Å². The highest BCUT2D eigenvalue weighted by atomic mass is 16.5. The largest absolute Gasteiger partial charge is 0.466 e. The fraction of sp³-hybridized carbons (Fsp3) is 0.833. The summed E-state index contributed by atoms with van der Waals surface area (Å²) < 4.78 is 15.2. The lowest BCUT2D eigenvalue weighted by Gasteiger charge is -2.16. The molecular formula is C12H20O5. The summed E-state index contributed by atoms with van der Waals surface area (Å²) in [5.41, 5.74) is 0. The lowest BCUT2D eigenvalue weighted by atomic mass is 9.95. The van der Waals surface area contributed by atoms with Crippen LogP contribution in [0, 0.1) is 5.92 Å². The molecule has 0 aliphatic carbocycles. The van der Waals surface area contributed by atoms with Crippen molar-refractivity contribution in [2.45, 2.75) is 39.2 Å². The third-order valence-electron chi connectivity index (χ3n) is 2.75. The molecule has 0 N–H and O–H groups in total. The Morgan fingerprint density at radius 3 is 2.29 bits per heavy atom. The van der Waals surface area contributed by atoms with Crippen molar-refractivity contribution in [1.82, 2.24) is 0 Å². The number of hydrogen-bond donors (Lipinski definition) is 0. The van der Waals surface area contributed by atoms with Crippen molar-refractivity contribution >= 4 is 11.9 Å². The second kappa shape index (κ2) is 7.27. The summed E-state index contributed by atoms with van der Waals surface area (Å²) in [6.07, 6.45) is 1.12. The number of rotatable bonds is 6. The van der Waals surface area contributed by atoms with Crippen LogP contribution in [0.3, 0.4) is 0 Å².